The van der Waals surface area contributed by atoms with Crippen LogP contribution in [0.5, 0.6) is 0 Å². The van der Waals surface area contributed by atoms with Crippen molar-refractivity contribution >= 4 is 5.91 Å². The predicted molar refractivity (Wildman–Crippen MR) is 112 cm³/mol. The first-order valence-electron chi connectivity index (χ1n) is 10.2. The molecule has 1 unspecified atom stereocenters. The van der Waals surface area contributed by atoms with Crippen LogP contribution in [0.3, 0.4) is 0 Å². The Morgan fingerprint density at radius 1 is 1.11 bits per heavy atom. The quantitative estimate of drug-likeness (QED) is 0.800. The van der Waals surface area contributed by atoms with Crippen molar-refractivity contribution in [1.82, 2.24) is 10.2 Å². The number of amides is 1. The molecule has 1 aliphatic rings. The standard InChI is InChI=1S/C24H32N2O/c1-4-23(22-11-10-18(2)16-19(22)3)25-24(27)21-12-14-26(15-13-21)17-20-8-6-5-7-9-20/h5-11,16,21,23H,4,12-15,17H2,1-3H3,(H,25,27). The number of nitrogens with zero attached hydrogens (tertiary/aromatic N) is 1. The SMILES string of the molecule is CCC(NC(=O)C1CCN(Cc2ccccc2)CC1)c1ccc(C)cc1C. The molecule has 0 aromatic heterocycles. The largest absolute Gasteiger partial charge is 0.349 e. The van der Waals surface area contributed by atoms with Gasteiger partial charge in [-0.3, -0.25) is 9.69 Å². The highest BCUT2D eigenvalue weighted by molar-refractivity contribution is 5.79. The number of carbonyl (C=O) groups is 1. The summed E-state index contributed by atoms with van der Waals surface area (Å²) in [5, 5.41) is 3.32. The fourth-order valence-electron chi connectivity index (χ4n) is 4.10. The lowest BCUT2D eigenvalue weighted by atomic mass is 9.93. The van der Waals surface area contributed by atoms with Crippen LogP contribution < -0.4 is 5.32 Å². The van der Waals surface area contributed by atoms with Gasteiger partial charge < -0.3 is 5.32 Å². The Labute approximate surface area is 163 Å². The van der Waals surface area contributed by atoms with Crippen LogP contribution in [0.4, 0.5) is 0 Å². The lowest BCUT2D eigenvalue weighted by Gasteiger charge is -2.32. The molecule has 3 nitrogen and oxygen atoms in total. The average Bonchev–Trinajstić information content (AvgIpc) is 2.68. The van der Waals surface area contributed by atoms with Crippen LogP contribution in [0.15, 0.2) is 48.5 Å². The summed E-state index contributed by atoms with van der Waals surface area (Å²) in [6.45, 7) is 9.36. The lowest BCUT2D eigenvalue weighted by molar-refractivity contribution is -0.127. The first-order valence-corrected chi connectivity index (χ1v) is 10.2. The fourth-order valence-corrected chi connectivity index (χ4v) is 4.10. The first-order chi connectivity index (χ1) is 13.1. The van der Waals surface area contributed by atoms with Crippen LogP contribution in [0.1, 0.15) is 54.5 Å². The van der Waals surface area contributed by atoms with Gasteiger partial charge in [0.1, 0.15) is 0 Å². The molecule has 27 heavy (non-hydrogen) atoms. The van der Waals surface area contributed by atoms with E-state index in [2.05, 4.69) is 79.5 Å². The maximum absolute atomic E-state index is 12.9. The summed E-state index contributed by atoms with van der Waals surface area (Å²) in [4.78, 5) is 15.3. The smallest absolute Gasteiger partial charge is 0.223 e. The van der Waals surface area contributed by atoms with Crippen molar-refractivity contribution in [3.63, 3.8) is 0 Å². The molecule has 2 aromatic carbocycles. The molecule has 1 fully saturated rings. The van der Waals surface area contributed by atoms with Crippen molar-refractivity contribution in [1.29, 1.82) is 0 Å². The molecule has 2 aromatic rings. The van der Waals surface area contributed by atoms with Crippen molar-refractivity contribution in [2.45, 2.75) is 52.6 Å². The molecular weight excluding hydrogens is 332 g/mol. The minimum atomic E-state index is 0.112. The maximum Gasteiger partial charge on any atom is 0.223 e. The summed E-state index contributed by atoms with van der Waals surface area (Å²) in [7, 11) is 0. The molecule has 1 aliphatic heterocycles. The number of carbonyl (C=O) groups excluding carboxylic acids is 1. The Kier molecular flexibility index (Phi) is 6.68. The molecule has 3 heteroatoms. The minimum Gasteiger partial charge on any atom is -0.349 e. The summed E-state index contributed by atoms with van der Waals surface area (Å²) in [6.07, 6.45) is 2.81. The van der Waals surface area contributed by atoms with E-state index in [1.54, 1.807) is 0 Å². The first kappa shape index (κ1) is 19.6. The highest BCUT2D eigenvalue weighted by Crippen LogP contribution is 2.24. The van der Waals surface area contributed by atoms with Gasteiger partial charge in [0.2, 0.25) is 5.91 Å². The summed E-state index contributed by atoms with van der Waals surface area (Å²) < 4.78 is 0. The third-order valence-electron chi connectivity index (χ3n) is 5.73. The predicted octanol–water partition coefficient (Wildman–Crippen LogP) is 4.78. The molecule has 1 saturated heterocycles. The molecule has 144 valence electrons. The van der Waals surface area contributed by atoms with Gasteiger partial charge in [-0.15, -0.1) is 0 Å². The van der Waals surface area contributed by atoms with E-state index in [0.717, 1.165) is 38.9 Å². The van der Waals surface area contributed by atoms with Gasteiger partial charge in [-0.05, 0) is 62.9 Å². The molecule has 1 amide bonds. The van der Waals surface area contributed by atoms with Crippen molar-refractivity contribution in [2.75, 3.05) is 13.1 Å². The van der Waals surface area contributed by atoms with E-state index in [1.165, 1.54) is 22.3 Å². The van der Waals surface area contributed by atoms with Crippen LogP contribution in [-0.4, -0.2) is 23.9 Å². The van der Waals surface area contributed by atoms with Gasteiger partial charge in [0.25, 0.3) is 0 Å². The normalized spacial score (nSPS) is 16.9. The summed E-state index contributed by atoms with van der Waals surface area (Å²) in [5.74, 6) is 0.359. The zero-order valence-corrected chi connectivity index (χ0v) is 16.9. The highest BCUT2D eigenvalue weighted by Gasteiger charge is 2.26. The molecule has 3 rings (SSSR count). The van der Waals surface area contributed by atoms with Crippen LogP contribution in [-0.2, 0) is 11.3 Å². The Bertz CT molecular complexity index is 748. The van der Waals surface area contributed by atoms with Crippen LogP contribution in [0.2, 0.25) is 0 Å². The molecule has 0 spiro atoms. The van der Waals surface area contributed by atoms with Gasteiger partial charge in [0.15, 0.2) is 0 Å². The van der Waals surface area contributed by atoms with Gasteiger partial charge in [0, 0.05) is 12.5 Å². The molecule has 0 saturated carbocycles. The molecular formula is C24H32N2O. The fraction of sp³-hybridized carbons (Fsp3) is 0.458. The molecule has 0 aliphatic carbocycles. The molecule has 0 bridgehead atoms. The van der Waals surface area contributed by atoms with Crippen molar-refractivity contribution in [3.05, 3.63) is 70.8 Å². The van der Waals surface area contributed by atoms with Crippen molar-refractivity contribution in [3.8, 4) is 0 Å². The van der Waals surface area contributed by atoms with E-state index >= 15 is 0 Å². The third-order valence-corrected chi connectivity index (χ3v) is 5.73. The van der Waals surface area contributed by atoms with E-state index in [0.29, 0.717) is 0 Å². The lowest BCUT2D eigenvalue weighted by Crippen LogP contribution is -2.41. The molecule has 1 N–H and O–H groups in total. The van der Waals surface area contributed by atoms with Gasteiger partial charge >= 0.3 is 0 Å². The van der Waals surface area contributed by atoms with E-state index in [-0.39, 0.29) is 17.9 Å². The van der Waals surface area contributed by atoms with Crippen LogP contribution in [0.25, 0.3) is 0 Å². The number of likely N-dealkylation sites (tertiary alicyclic amines) is 1. The summed E-state index contributed by atoms with van der Waals surface area (Å²) >= 11 is 0. The monoisotopic (exact) mass is 364 g/mol. The van der Waals surface area contributed by atoms with E-state index in [1.807, 2.05) is 0 Å². The number of benzene rings is 2. The number of aryl methyl sites for hydroxylation is 2. The average molecular weight is 365 g/mol. The van der Waals surface area contributed by atoms with E-state index in [9.17, 15) is 4.79 Å². The number of rotatable bonds is 6. The molecule has 0 radical (unpaired) electrons. The van der Waals surface area contributed by atoms with E-state index in [4.69, 9.17) is 0 Å². The number of piperidine rings is 1. The Morgan fingerprint density at radius 2 is 1.81 bits per heavy atom. The van der Waals surface area contributed by atoms with Crippen LogP contribution >= 0.6 is 0 Å². The van der Waals surface area contributed by atoms with Gasteiger partial charge in [-0.25, -0.2) is 0 Å². The Hall–Kier alpha value is -2.13. The third kappa shape index (κ3) is 5.20. The molecule has 1 heterocycles. The van der Waals surface area contributed by atoms with E-state index < -0.39 is 0 Å². The van der Waals surface area contributed by atoms with Gasteiger partial charge in [-0.1, -0.05) is 61.0 Å². The number of hydrogen-bond donors (Lipinski definition) is 1. The second-order valence-corrected chi connectivity index (χ2v) is 7.87. The Balaban J connectivity index is 1.54. The number of nitrogens with one attached hydrogen (secondary N) is 1. The summed E-state index contributed by atoms with van der Waals surface area (Å²) in [6, 6.07) is 17.2. The highest BCUT2D eigenvalue weighted by atomic mass is 16.1. The van der Waals surface area contributed by atoms with Gasteiger partial charge in [-0.2, -0.15) is 0 Å². The zero-order chi connectivity index (χ0) is 19.2. The molecule has 1 atom stereocenters. The van der Waals surface area contributed by atoms with Gasteiger partial charge in [0.05, 0.1) is 6.04 Å². The van der Waals surface area contributed by atoms with Crippen molar-refractivity contribution in [2.24, 2.45) is 5.92 Å². The Morgan fingerprint density at radius 3 is 2.44 bits per heavy atom. The topological polar surface area (TPSA) is 32.3 Å². The summed E-state index contributed by atoms with van der Waals surface area (Å²) in [5.41, 5.74) is 5.13. The second-order valence-electron chi connectivity index (χ2n) is 7.87. The second kappa shape index (κ2) is 9.18. The maximum atomic E-state index is 12.9. The van der Waals surface area contributed by atoms with Crippen LogP contribution in [0, 0.1) is 19.8 Å². The van der Waals surface area contributed by atoms with Crippen molar-refractivity contribution < 1.29 is 4.79 Å². The number of hydrogen-bond acceptors (Lipinski definition) is 2. The zero-order valence-electron chi connectivity index (χ0n) is 16.9. The minimum absolute atomic E-state index is 0.112.